The Hall–Kier alpha value is -2.33. The van der Waals surface area contributed by atoms with E-state index in [0.29, 0.717) is 18.1 Å². The van der Waals surface area contributed by atoms with Crippen molar-refractivity contribution in [2.45, 2.75) is 26.8 Å². The van der Waals surface area contributed by atoms with Crippen molar-refractivity contribution in [3.63, 3.8) is 0 Å². The van der Waals surface area contributed by atoms with Crippen molar-refractivity contribution in [3.05, 3.63) is 64.7 Å². The molecule has 24 heavy (non-hydrogen) atoms. The lowest BCUT2D eigenvalue weighted by Crippen LogP contribution is -2.31. The summed E-state index contributed by atoms with van der Waals surface area (Å²) in [5.41, 5.74) is 2.67. The zero-order chi connectivity index (χ0) is 17.5. The molecule has 2 rings (SSSR count). The van der Waals surface area contributed by atoms with Gasteiger partial charge in [-0.05, 0) is 30.2 Å². The largest absolute Gasteiger partial charge is 0.338 e. The first kappa shape index (κ1) is 18.0. The molecule has 0 unspecified atom stereocenters. The number of aryl methyl sites for hydroxylation is 1. The third-order valence-corrected chi connectivity index (χ3v) is 4.16. The number of rotatable bonds is 6. The second-order valence-corrected chi connectivity index (χ2v) is 6.05. The molecule has 126 valence electrons. The van der Waals surface area contributed by atoms with E-state index in [9.17, 15) is 9.59 Å². The van der Waals surface area contributed by atoms with Crippen molar-refractivity contribution >= 4 is 29.1 Å². The number of para-hydroxylation sites is 1. The lowest BCUT2D eigenvalue weighted by Gasteiger charge is -2.21. The zero-order valence-electron chi connectivity index (χ0n) is 13.9. The van der Waals surface area contributed by atoms with E-state index >= 15 is 0 Å². The highest BCUT2D eigenvalue weighted by atomic mass is 35.5. The van der Waals surface area contributed by atoms with Crippen molar-refractivity contribution in [2.75, 3.05) is 11.9 Å². The van der Waals surface area contributed by atoms with E-state index in [0.717, 1.165) is 16.8 Å². The van der Waals surface area contributed by atoms with Crippen LogP contribution >= 0.6 is 11.6 Å². The first-order valence-corrected chi connectivity index (χ1v) is 8.19. The van der Waals surface area contributed by atoms with Gasteiger partial charge in [0.15, 0.2) is 0 Å². The highest BCUT2D eigenvalue weighted by Crippen LogP contribution is 2.18. The first-order chi connectivity index (χ1) is 11.5. The number of benzene rings is 2. The van der Waals surface area contributed by atoms with Gasteiger partial charge in [-0.25, -0.2) is 0 Å². The Balaban J connectivity index is 1.94. The number of nitrogens with one attached hydrogen (secondary N) is 1. The molecule has 2 aromatic carbocycles. The fourth-order valence-electron chi connectivity index (χ4n) is 2.34. The van der Waals surface area contributed by atoms with Crippen molar-refractivity contribution in [1.29, 1.82) is 0 Å². The van der Waals surface area contributed by atoms with Crippen LogP contribution in [0.3, 0.4) is 0 Å². The van der Waals surface area contributed by atoms with E-state index < -0.39 is 0 Å². The lowest BCUT2D eigenvalue weighted by atomic mass is 10.2. The van der Waals surface area contributed by atoms with Crippen LogP contribution in [0.4, 0.5) is 5.69 Å². The van der Waals surface area contributed by atoms with E-state index in [-0.39, 0.29) is 18.2 Å². The molecule has 0 fully saturated rings. The van der Waals surface area contributed by atoms with Crippen molar-refractivity contribution < 1.29 is 9.59 Å². The summed E-state index contributed by atoms with van der Waals surface area (Å²) in [6.07, 6.45) is 0.234. The minimum atomic E-state index is -0.116. The first-order valence-electron chi connectivity index (χ1n) is 7.82. The van der Waals surface area contributed by atoms with Crippen LogP contribution in [0.15, 0.2) is 48.5 Å². The van der Waals surface area contributed by atoms with Gasteiger partial charge < -0.3 is 10.2 Å². The number of carbonyl (C=O) groups excluding carboxylic acids is 2. The van der Waals surface area contributed by atoms with Crippen molar-refractivity contribution in [1.82, 2.24) is 4.90 Å². The van der Waals surface area contributed by atoms with Crippen LogP contribution in [0, 0.1) is 6.92 Å². The lowest BCUT2D eigenvalue weighted by molar-refractivity contribution is -0.129. The summed E-state index contributed by atoms with van der Waals surface area (Å²) in [7, 11) is 0. The molecule has 0 spiro atoms. The fourth-order valence-corrected chi connectivity index (χ4v) is 2.54. The maximum Gasteiger partial charge on any atom is 0.226 e. The average Bonchev–Trinajstić information content (AvgIpc) is 2.55. The summed E-state index contributed by atoms with van der Waals surface area (Å²) in [5.74, 6) is -0.201. The molecular formula is C19H21ClN2O2. The maximum atomic E-state index is 12.1. The Labute approximate surface area is 147 Å². The number of amides is 2. The van der Waals surface area contributed by atoms with Gasteiger partial charge in [0.2, 0.25) is 11.8 Å². The second kappa shape index (κ2) is 8.50. The van der Waals surface area contributed by atoms with Crippen LogP contribution in [0.1, 0.15) is 24.5 Å². The van der Waals surface area contributed by atoms with Gasteiger partial charge in [0.05, 0.1) is 0 Å². The van der Waals surface area contributed by atoms with Crippen LogP contribution in [-0.4, -0.2) is 23.3 Å². The van der Waals surface area contributed by atoms with Crippen LogP contribution in [-0.2, 0) is 16.1 Å². The van der Waals surface area contributed by atoms with Crippen LogP contribution in [0.2, 0.25) is 5.02 Å². The topological polar surface area (TPSA) is 49.4 Å². The summed E-state index contributed by atoms with van der Waals surface area (Å²) >= 11 is 6.14. The number of halogens is 1. The van der Waals surface area contributed by atoms with E-state index in [4.69, 9.17) is 11.6 Å². The Morgan fingerprint density at radius 3 is 2.42 bits per heavy atom. The number of anilines is 1. The van der Waals surface area contributed by atoms with E-state index in [1.54, 1.807) is 11.0 Å². The molecule has 1 N–H and O–H groups in total. The smallest absolute Gasteiger partial charge is 0.226 e. The number of hydrogen-bond acceptors (Lipinski definition) is 2. The molecule has 4 nitrogen and oxygen atoms in total. The second-order valence-electron chi connectivity index (χ2n) is 5.65. The third kappa shape index (κ3) is 5.10. The van der Waals surface area contributed by atoms with Crippen molar-refractivity contribution in [2.24, 2.45) is 0 Å². The van der Waals surface area contributed by atoms with Gasteiger partial charge in [-0.3, -0.25) is 9.59 Å². The summed E-state index contributed by atoms with van der Waals surface area (Å²) in [5, 5.41) is 3.50. The predicted molar refractivity (Wildman–Crippen MR) is 97.0 cm³/mol. The van der Waals surface area contributed by atoms with Gasteiger partial charge in [0, 0.05) is 37.1 Å². The highest BCUT2D eigenvalue weighted by molar-refractivity contribution is 6.31. The summed E-state index contributed by atoms with van der Waals surface area (Å²) in [6.45, 7) is 4.18. The predicted octanol–water partition coefficient (Wildman–Crippen LogP) is 4.03. The Kier molecular flexibility index (Phi) is 6.38. The van der Waals surface area contributed by atoms with Gasteiger partial charge in [0.25, 0.3) is 0 Å². The molecule has 0 atom stereocenters. The Morgan fingerprint density at radius 2 is 1.75 bits per heavy atom. The molecule has 0 heterocycles. The molecule has 0 radical (unpaired) electrons. The molecule has 0 aromatic heterocycles. The third-order valence-electron chi connectivity index (χ3n) is 3.79. The van der Waals surface area contributed by atoms with Gasteiger partial charge in [0.1, 0.15) is 0 Å². The quantitative estimate of drug-likeness (QED) is 0.860. The monoisotopic (exact) mass is 344 g/mol. The molecule has 0 saturated carbocycles. The zero-order valence-corrected chi connectivity index (χ0v) is 14.6. The molecule has 0 bridgehead atoms. The molecule has 0 saturated heterocycles. The van der Waals surface area contributed by atoms with E-state index in [2.05, 4.69) is 5.32 Å². The van der Waals surface area contributed by atoms with Crippen LogP contribution < -0.4 is 5.32 Å². The number of nitrogens with zero attached hydrogens (tertiary/aromatic N) is 1. The molecule has 0 aliphatic heterocycles. The molecular weight excluding hydrogens is 324 g/mol. The fraction of sp³-hybridized carbons (Fsp3) is 0.263. The molecule has 0 aliphatic rings. The standard InChI is InChI=1S/C19H21ClN2O2/c1-14-7-3-6-10-18(14)21-19(24)11-12-22(15(2)23)13-16-8-4-5-9-17(16)20/h3-10H,11-13H2,1-2H3,(H,21,24). The molecule has 0 aliphatic carbocycles. The SMILES string of the molecule is CC(=O)N(CCC(=O)Nc1ccccc1C)Cc1ccccc1Cl. The van der Waals surface area contributed by atoms with Crippen molar-refractivity contribution in [3.8, 4) is 0 Å². The summed E-state index contributed by atoms with van der Waals surface area (Å²) in [6, 6.07) is 15.0. The minimum Gasteiger partial charge on any atom is -0.338 e. The Bertz CT molecular complexity index is 731. The number of hydrogen-bond donors (Lipinski definition) is 1. The average molecular weight is 345 g/mol. The highest BCUT2D eigenvalue weighted by Gasteiger charge is 2.13. The van der Waals surface area contributed by atoms with E-state index in [1.165, 1.54) is 6.92 Å². The molecule has 2 aromatic rings. The minimum absolute atomic E-state index is 0.0846. The maximum absolute atomic E-state index is 12.1. The van der Waals surface area contributed by atoms with Gasteiger partial charge in [-0.2, -0.15) is 0 Å². The normalized spacial score (nSPS) is 10.3. The van der Waals surface area contributed by atoms with E-state index in [1.807, 2.05) is 49.4 Å². The summed E-state index contributed by atoms with van der Waals surface area (Å²) < 4.78 is 0. The Morgan fingerprint density at radius 1 is 1.08 bits per heavy atom. The summed E-state index contributed by atoms with van der Waals surface area (Å²) in [4.78, 5) is 25.6. The van der Waals surface area contributed by atoms with Crippen LogP contribution in [0.5, 0.6) is 0 Å². The van der Waals surface area contributed by atoms with Gasteiger partial charge >= 0.3 is 0 Å². The van der Waals surface area contributed by atoms with Gasteiger partial charge in [-0.1, -0.05) is 48.0 Å². The molecule has 5 heteroatoms. The number of carbonyl (C=O) groups is 2. The molecule has 2 amide bonds. The van der Waals surface area contributed by atoms with Gasteiger partial charge in [-0.15, -0.1) is 0 Å². The van der Waals surface area contributed by atoms with Crippen LogP contribution in [0.25, 0.3) is 0 Å².